The predicted octanol–water partition coefficient (Wildman–Crippen LogP) is 2.09. The number of benzene rings is 2. The monoisotopic (exact) mass is 215 g/mol. The highest BCUT2D eigenvalue weighted by molar-refractivity contribution is 6.05. The molecule has 0 amide bonds. The van der Waals surface area contributed by atoms with Crippen molar-refractivity contribution in [1.82, 2.24) is 0 Å². The molecule has 3 heteroatoms. The molecule has 2 aromatic rings. The van der Waals surface area contributed by atoms with Crippen molar-refractivity contribution in [2.45, 2.75) is 6.54 Å². The third-order valence-corrected chi connectivity index (χ3v) is 2.64. The minimum absolute atomic E-state index is 0.320. The molecule has 0 aliphatic carbocycles. The second-order valence-electron chi connectivity index (χ2n) is 3.51. The van der Waals surface area contributed by atoms with Crippen LogP contribution in [0.1, 0.15) is 15.9 Å². The van der Waals surface area contributed by atoms with Crippen LogP contribution in [-0.2, 0) is 11.3 Å². The van der Waals surface area contributed by atoms with Gasteiger partial charge in [-0.15, -0.1) is 0 Å². The van der Waals surface area contributed by atoms with Gasteiger partial charge in [-0.1, -0.05) is 30.3 Å². The molecule has 0 fully saturated rings. The van der Waals surface area contributed by atoms with Crippen LogP contribution in [-0.4, -0.2) is 13.1 Å². The standard InChI is InChI=1S/C13H13NO2/c1-16-13(15)12-7-3-5-10-9(8-14)4-2-6-11(10)12/h2-7H,8,14H2,1H3. The van der Waals surface area contributed by atoms with Crippen molar-refractivity contribution in [2.24, 2.45) is 5.73 Å². The Morgan fingerprint density at radius 1 is 1.19 bits per heavy atom. The van der Waals surface area contributed by atoms with Crippen molar-refractivity contribution in [3.63, 3.8) is 0 Å². The van der Waals surface area contributed by atoms with Crippen molar-refractivity contribution in [3.05, 3.63) is 47.5 Å². The molecule has 2 N–H and O–H groups in total. The molecule has 0 aliphatic rings. The number of hydrogen-bond acceptors (Lipinski definition) is 3. The molecule has 2 rings (SSSR count). The highest BCUT2D eigenvalue weighted by atomic mass is 16.5. The summed E-state index contributed by atoms with van der Waals surface area (Å²) in [5.41, 5.74) is 7.27. The molecule has 0 saturated heterocycles. The summed E-state index contributed by atoms with van der Waals surface area (Å²) in [7, 11) is 1.38. The summed E-state index contributed by atoms with van der Waals surface area (Å²) in [6, 6.07) is 11.3. The molecule has 2 aromatic carbocycles. The number of hydrogen-bond donors (Lipinski definition) is 1. The highest BCUT2D eigenvalue weighted by Crippen LogP contribution is 2.22. The first-order valence-corrected chi connectivity index (χ1v) is 5.07. The maximum atomic E-state index is 11.6. The van der Waals surface area contributed by atoms with Crippen LogP contribution in [0.25, 0.3) is 10.8 Å². The second-order valence-corrected chi connectivity index (χ2v) is 3.51. The van der Waals surface area contributed by atoms with E-state index in [9.17, 15) is 4.79 Å². The van der Waals surface area contributed by atoms with E-state index in [1.807, 2.05) is 30.3 Å². The van der Waals surface area contributed by atoms with Crippen LogP contribution in [0, 0.1) is 0 Å². The average molecular weight is 215 g/mol. The number of ether oxygens (including phenoxy) is 1. The summed E-state index contributed by atoms with van der Waals surface area (Å²) in [4.78, 5) is 11.6. The topological polar surface area (TPSA) is 52.3 Å². The number of esters is 1. The number of nitrogens with two attached hydrogens (primary N) is 1. The molecule has 16 heavy (non-hydrogen) atoms. The van der Waals surface area contributed by atoms with E-state index < -0.39 is 0 Å². The number of carbonyl (C=O) groups is 1. The van der Waals surface area contributed by atoms with Gasteiger partial charge in [0.05, 0.1) is 12.7 Å². The molecule has 0 aliphatic heterocycles. The maximum Gasteiger partial charge on any atom is 0.338 e. The minimum atomic E-state index is -0.320. The quantitative estimate of drug-likeness (QED) is 0.780. The van der Waals surface area contributed by atoms with E-state index in [0.717, 1.165) is 16.3 Å². The normalized spacial score (nSPS) is 10.4. The third-order valence-electron chi connectivity index (χ3n) is 2.64. The lowest BCUT2D eigenvalue weighted by molar-refractivity contribution is 0.0603. The SMILES string of the molecule is COC(=O)c1cccc2c(CN)cccc12. The summed E-state index contributed by atoms with van der Waals surface area (Å²) in [6.07, 6.45) is 0. The largest absolute Gasteiger partial charge is 0.465 e. The van der Waals surface area contributed by atoms with Gasteiger partial charge >= 0.3 is 5.97 Å². The van der Waals surface area contributed by atoms with E-state index in [4.69, 9.17) is 10.5 Å². The van der Waals surface area contributed by atoms with Crippen LogP contribution in [0.15, 0.2) is 36.4 Å². The van der Waals surface area contributed by atoms with Gasteiger partial charge in [-0.3, -0.25) is 0 Å². The lowest BCUT2D eigenvalue weighted by atomic mass is 10.0. The Hall–Kier alpha value is -1.87. The Balaban J connectivity index is 2.73. The van der Waals surface area contributed by atoms with E-state index >= 15 is 0 Å². The van der Waals surface area contributed by atoms with Gasteiger partial charge in [0.1, 0.15) is 0 Å². The summed E-state index contributed by atoms with van der Waals surface area (Å²) in [5, 5.41) is 1.89. The van der Waals surface area contributed by atoms with Crippen molar-refractivity contribution < 1.29 is 9.53 Å². The zero-order valence-corrected chi connectivity index (χ0v) is 9.07. The van der Waals surface area contributed by atoms with Crippen LogP contribution >= 0.6 is 0 Å². The third kappa shape index (κ3) is 1.66. The van der Waals surface area contributed by atoms with Crippen LogP contribution in [0.2, 0.25) is 0 Å². The molecule has 3 nitrogen and oxygen atoms in total. The van der Waals surface area contributed by atoms with Crippen molar-refractivity contribution in [1.29, 1.82) is 0 Å². The van der Waals surface area contributed by atoms with Gasteiger partial charge in [-0.25, -0.2) is 4.79 Å². The van der Waals surface area contributed by atoms with Crippen LogP contribution in [0.3, 0.4) is 0 Å². The molecular formula is C13H13NO2. The fraction of sp³-hybridized carbons (Fsp3) is 0.154. The Morgan fingerprint density at radius 2 is 1.88 bits per heavy atom. The van der Waals surface area contributed by atoms with E-state index in [0.29, 0.717) is 12.1 Å². The van der Waals surface area contributed by atoms with E-state index in [2.05, 4.69) is 0 Å². The predicted molar refractivity (Wildman–Crippen MR) is 63.2 cm³/mol. The Kier molecular flexibility index (Phi) is 2.88. The first kappa shape index (κ1) is 10.6. The van der Waals surface area contributed by atoms with E-state index in [1.54, 1.807) is 6.07 Å². The zero-order chi connectivity index (χ0) is 11.5. The molecule has 82 valence electrons. The Bertz CT molecular complexity index is 534. The molecule has 0 radical (unpaired) electrons. The van der Waals surface area contributed by atoms with Crippen molar-refractivity contribution in [3.8, 4) is 0 Å². The second kappa shape index (κ2) is 4.33. The number of rotatable bonds is 2. The summed E-state index contributed by atoms with van der Waals surface area (Å²) in [5.74, 6) is -0.320. The number of carbonyl (C=O) groups excluding carboxylic acids is 1. The van der Waals surface area contributed by atoms with Gasteiger partial charge in [0, 0.05) is 6.54 Å². The molecule has 0 heterocycles. The summed E-state index contributed by atoms with van der Waals surface area (Å²) >= 11 is 0. The molecule has 0 aromatic heterocycles. The van der Waals surface area contributed by atoms with Crippen LogP contribution < -0.4 is 5.73 Å². The average Bonchev–Trinajstić information content (AvgIpc) is 2.36. The minimum Gasteiger partial charge on any atom is -0.465 e. The Labute approximate surface area is 93.8 Å². The Morgan fingerprint density at radius 3 is 2.56 bits per heavy atom. The molecule has 0 bridgehead atoms. The smallest absolute Gasteiger partial charge is 0.338 e. The fourth-order valence-corrected chi connectivity index (χ4v) is 1.84. The summed E-state index contributed by atoms with van der Waals surface area (Å²) in [6.45, 7) is 0.460. The lowest BCUT2D eigenvalue weighted by Crippen LogP contribution is -2.03. The van der Waals surface area contributed by atoms with Gasteiger partial charge in [0.15, 0.2) is 0 Å². The lowest BCUT2D eigenvalue weighted by Gasteiger charge is -2.07. The van der Waals surface area contributed by atoms with Gasteiger partial charge in [-0.05, 0) is 22.4 Å². The molecular weight excluding hydrogens is 202 g/mol. The molecule has 0 unspecified atom stereocenters. The molecule has 0 atom stereocenters. The van der Waals surface area contributed by atoms with Crippen molar-refractivity contribution in [2.75, 3.05) is 7.11 Å². The zero-order valence-electron chi connectivity index (χ0n) is 9.07. The van der Waals surface area contributed by atoms with Gasteiger partial charge in [-0.2, -0.15) is 0 Å². The molecule has 0 saturated carbocycles. The fourth-order valence-electron chi connectivity index (χ4n) is 1.84. The van der Waals surface area contributed by atoms with Crippen LogP contribution in [0.5, 0.6) is 0 Å². The highest BCUT2D eigenvalue weighted by Gasteiger charge is 2.10. The van der Waals surface area contributed by atoms with Crippen molar-refractivity contribution >= 4 is 16.7 Å². The summed E-state index contributed by atoms with van der Waals surface area (Å²) < 4.78 is 4.75. The van der Waals surface area contributed by atoms with E-state index in [1.165, 1.54) is 7.11 Å². The first-order valence-electron chi connectivity index (χ1n) is 5.07. The van der Waals surface area contributed by atoms with Gasteiger partial charge in [0.25, 0.3) is 0 Å². The van der Waals surface area contributed by atoms with Gasteiger partial charge in [0.2, 0.25) is 0 Å². The van der Waals surface area contributed by atoms with E-state index in [-0.39, 0.29) is 5.97 Å². The number of methoxy groups -OCH3 is 1. The maximum absolute atomic E-state index is 11.6. The van der Waals surface area contributed by atoms with Gasteiger partial charge < -0.3 is 10.5 Å². The molecule has 0 spiro atoms. The van der Waals surface area contributed by atoms with Crippen LogP contribution in [0.4, 0.5) is 0 Å². The first-order chi connectivity index (χ1) is 7.77. The number of fused-ring (bicyclic) bond motifs is 1.